The Kier molecular flexibility index (Phi) is 10.9. The molecule has 10 nitrogen and oxygen atoms in total. The first-order valence-electron chi connectivity index (χ1n) is 8.20. The molecule has 0 atom stereocenters. The molecule has 0 bridgehead atoms. The third-order valence-corrected chi connectivity index (χ3v) is 3.79. The van der Waals surface area contributed by atoms with Gasteiger partial charge in [-0.25, -0.2) is 11.0 Å². The van der Waals surface area contributed by atoms with Gasteiger partial charge < -0.3 is 10.6 Å². The van der Waals surface area contributed by atoms with Gasteiger partial charge >= 0.3 is 0 Å². The summed E-state index contributed by atoms with van der Waals surface area (Å²) in [6.45, 7) is -0.560. The minimum absolute atomic E-state index is 0.280. The van der Waals surface area contributed by atoms with E-state index in [0.717, 1.165) is 0 Å². The molecule has 2 rings (SSSR count). The molecule has 0 radical (unpaired) electrons. The van der Waals surface area contributed by atoms with Gasteiger partial charge in [0.05, 0.1) is 13.1 Å². The van der Waals surface area contributed by atoms with Crippen LogP contribution in [0.4, 0.5) is 0 Å². The largest absolute Gasteiger partial charge is 0.343 e. The number of amides is 4. The van der Waals surface area contributed by atoms with Gasteiger partial charge in [-0.15, -0.1) is 0 Å². The Hall–Kier alpha value is -3.18. The van der Waals surface area contributed by atoms with Crippen LogP contribution in [-0.4, -0.2) is 47.1 Å². The molecule has 0 aromatic heterocycles. The van der Waals surface area contributed by atoms with E-state index in [1.165, 1.54) is 35.2 Å². The van der Waals surface area contributed by atoms with Gasteiger partial charge in [-0.3, -0.25) is 29.6 Å². The van der Waals surface area contributed by atoms with E-state index < -0.39 is 23.6 Å². The molecule has 0 spiro atoms. The van der Waals surface area contributed by atoms with Crippen LogP contribution in [0.15, 0.2) is 48.5 Å². The average molecular weight is 457 g/mol. The van der Waals surface area contributed by atoms with E-state index >= 15 is 0 Å². The van der Waals surface area contributed by atoms with Gasteiger partial charge in [0, 0.05) is 21.2 Å². The molecule has 12 heteroatoms. The predicted octanol–water partition coefficient (Wildman–Crippen LogP) is 1.15. The molecule has 0 unspecified atom stereocenters. The summed E-state index contributed by atoms with van der Waals surface area (Å²) >= 11 is 11.3. The van der Waals surface area contributed by atoms with E-state index in [1.807, 2.05) is 0 Å². The fourth-order valence-corrected chi connectivity index (χ4v) is 2.06. The monoisotopic (exact) mass is 456 g/mol. The summed E-state index contributed by atoms with van der Waals surface area (Å²) in [6.07, 6.45) is 0. The Balaban J connectivity index is 0.000000300. The molecule has 160 valence electrons. The van der Waals surface area contributed by atoms with Crippen molar-refractivity contribution in [3.63, 3.8) is 0 Å². The van der Waals surface area contributed by atoms with Crippen LogP contribution in [0.3, 0.4) is 0 Å². The molecule has 0 aliphatic heterocycles. The first kappa shape index (κ1) is 24.9. The normalized spacial score (nSPS) is 9.47. The van der Waals surface area contributed by atoms with Gasteiger partial charge in [0.15, 0.2) is 0 Å². The lowest BCUT2D eigenvalue weighted by atomic mass is 10.2. The maximum atomic E-state index is 11.4. The maximum absolute atomic E-state index is 11.4. The number of halogens is 2. The number of rotatable bonds is 6. The van der Waals surface area contributed by atoms with Crippen LogP contribution in [0, 0.1) is 0 Å². The summed E-state index contributed by atoms with van der Waals surface area (Å²) in [5, 5.41) is 22.1. The minimum Gasteiger partial charge on any atom is -0.343 e. The zero-order valence-corrected chi connectivity index (χ0v) is 16.8. The summed E-state index contributed by atoms with van der Waals surface area (Å²) in [6, 6.07) is 12.4. The molecule has 4 amide bonds. The highest BCUT2D eigenvalue weighted by Crippen LogP contribution is 2.09. The van der Waals surface area contributed by atoms with Crippen LogP contribution < -0.4 is 21.6 Å². The highest BCUT2D eigenvalue weighted by atomic mass is 35.5. The van der Waals surface area contributed by atoms with E-state index in [9.17, 15) is 19.2 Å². The molecule has 0 saturated carbocycles. The number of hydroxylamine groups is 2. The van der Waals surface area contributed by atoms with Gasteiger partial charge in [0.1, 0.15) is 0 Å². The first-order valence-corrected chi connectivity index (χ1v) is 8.95. The molecule has 6 N–H and O–H groups in total. The van der Waals surface area contributed by atoms with Crippen molar-refractivity contribution < 1.29 is 29.6 Å². The summed E-state index contributed by atoms with van der Waals surface area (Å²) in [5.74, 6) is -2.18. The fraction of sp³-hybridized carbons (Fsp3) is 0.111. The number of nitrogens with one attached hydrogen (secondary N) is 4. The van der Waals surface area contributed by atoms with Gasteiger partial charge in [0.2, 0.25) is 0 Å². The maximum Gasteiger partial charge on any atom is 0.262 e. The van der Waals surface area contributed by atoms with E-state index in [-0.39, 0.29) is 13.1 Å². The summed E-state index contributed by atoms with van der Waals surface area (Å²) < 4.78 is 0. The lowest BCUT2D eigenvalue weighted by Gasteiger charge is -2.03. The van der Waals surface area contributed by atoms with Crippen LogP contribution in [-0.2, 0) is 9.59 Å². The molecule has 0 fully saturated rings. The second-order valence-electron chi connectivity index (χ2n) is 5.45. The van der Waals surface area contributed by atoms with Gasteiger partial charge in [-0.1, -0.05) is 23.2 Å². The second kappa shape index (κ2) is 13.1. The Morgan fingerprint density at radius 2 is 0.933 bits per heavy atom. The highest BCUT2D eigenvalue weighted by Gasteiger charge is 2.07. The zero-order chi connectivity index (χ0) is 22.5. The number of carbonyl (C=O) groups is 4. The molecule has 2 aromatic rings. The summed E-state index contributed by atoms with van der Waals surface area (Å²) in [4.78, 5) is 43.9. The molecular formula is C18H18Cl2N4O6. The molecule has 0 aliphatic rings. The van der Waals surface area contributed by atoms with Crippen molar-refractivity contribution in [1.82, 2.24) is 21.6 Å². The average Bonchev–Trinajstić information content (AvgIpc) is 2.76. The Morgan fingerprint density at radius 3 is 1.20 bits per heavy atom. The van der Waals surface area contributed by atoms with Crippen molar-refractivity contribution in [3.05, 3.63) is 69.7 Å². The van der Waals surface area contributed by atoms with Crippen LogP contribution in [0.5, 0.6) is 0 Å². The van der Waals surface area contributed by atoms with Crippen molar-refractivity contribution in [2.75, 3.05) is 13.1 Å². The number of hydrogen-bond acceptors (Lipinski definition) is 6. The third-order valence-electron chi connectivity index (χ3n) is 3.28. The van der Waals surface area contributed by atoms with Crippen molar-refractivity contribution in [2.45, 2.75) is 0 Å². The van der Waals surface area contributed by atoms with Crippen LogP contribution in [0.2, 0.25) is 10.0 Å². The van der Waals surface area contributed by atoms with Crippen LogP contribution in [0.25, 0.3) is 0 Å². The number of carbonyl (C=O) groups excluding carboxylic acids is 4. The van der Waals surface area contributed by atoms with E-state index in [4.69, 9.17) is 33.6 Å². The highest BCUT2D eigenvalue weighted by molar-refractivity contribution is 6.31. The third kappa shape index (κ3) is 9.34. The fourth-order valence-electron chi connectivity index (χ4n) is 1.81. The first-order chi connectivity index (χ1) is 14.3. The second-order valence-corrected chi connectivity index (χ2v) is 6.32. The molecule has 0 saturated heterocycles. The Labute approximate surface area is 181 Å². The smallest absolute Gasteiger partial charge is 0.262 e. The summed E-state index contributed by atoms with van der Waals surface area (Å²) in [5.41, 5.74) is 3.60. The van der Waals surface area contributed by atoms with Gasteiger partial charge in [-0.05, 0) is 48.5 Å². The lowest BCUT2D eigenvalue weighted by molar-refractivity contribution is -0.128. The molecular weight excluding hydrogens is 439 g/mol. The van der Waals surface area contributed by atoms with Crippen LogP contribution >= 0.6 is 23.2 Å². The van der Waals surface area contributed by atoms with Crippen molar-refractivity contribution in [1.29, 1.82) is 0 Å². The van der Waals surface area contributed by atoms with Crippen molar-refractivity contribution in [3.8, 4) is 0 Å². The number of hydrogen-bond donors (Lipinski definition) is 6. The standard InChI is InChI=1S/2C9H9ClN2O3/c2*10-7-3-1-6(2-4-7)9(14)11-5-8(13)12-15/h2*1-4,15H,5H2,(H,11,14)(H,12,13). The minimum atomic E-state index is -0.683. The van der Waals surface area contributed by atoms with E-state index in [0.29, 0.717) is 21.2 Å². The lowest BCUT2D eigenvalue weighted by Crippen LogP contribution is -2.35. The molecule has 0 aliphatic carbocycles. The van der Waals surface area contributed by atoms with E-state index in [1.54, 1.807) is 24.3 Å². The van der Waals surface area contributed by atoms with Crippen molar-refractivity contribution in [2.24, 2.45) is 0 Å². The molecule has 2 aromatic carbocycles. The number of benzene rings is 2. The van der Waals surface area contributed by atoms with E-state index in [2.05, 4.69) is 10.6 Å². The quantitative estimate of drug-likeness (QED) is 0.282. The Bertz CT molecular complexity index is 802. The van der Waals surface area contributed by atoms with Gasteiger partial charge in [-0.2, -0.15) is 0 Å². The summed E-state index contributed by atoms with van der Waals surface area (Å²) in [7, 11) is 0. The van der Waals surface area contributed by atoms with Gasteiger partial charge in [0.25, 0.3) is 23.6 Å². The molecule has 30 heavy (non-hydrogen) atoms. The van der Waals surface area contributed by atoms with Crippen molar-refractivity contribution >= 4 is 46.8 Å². The zero-order valence-electron chi connectivity index (χ0n) is 15.3. The topological polar surface area (TPSA) is 157 Å². The predicted molar refractivity (Wildman–Crippen MR) is 107 cm³/mol. The molecule has 0 heterocycles. The SMILES string of the molecule is O=C(CNC(=O)c1ccc(Cl)cc1)NO.O=C(CNC(=O)c1ccc(Cl)cc1)NO. The Morgan fingerprint density at radius 1 is 0.633 bits per heavy atom. The van der Waals surface area contributed by atoms with Crippen LogP contribution in [0.1, 0.15) is 20.7 Å².